The van der Waals surface area contributed by atoms with Crippen LogP contribution >= 0.6 is 0 Å². The maximum Gasteiger partial charge on any atom is 0.341 e. The van der Waals surface area contributed by atoms with Gasteiger partial charge in [-0.3, -0.25) is 4.79 Å². The quantitative estimate of drug-likeness (QED) is 0.718. The lowest BCUT2D eigenvalue weighted by Gasteiger charge is -2.27. The minimum absolute atomic E-state index is 0.138. The standard InChI is InChI=1S/C20H29NO4/c1-15(17-5-3-2-4-6-17)13-19(22)21-12-11-16-7-9-18(10-8-16)25-14-20(23)24/h7-10,15,17H,2-6,11-14H2,1H3,(H,21,22)(H,23,24). The molecular weight excluding hydrogens is 318 g/mol. The van der Waals surface area contributed by atoms with Crippen molar-refractivity contribution in [3.63, 3.8) is 0 Å². The van der Waals surface area contributed by atoms with Crippen LogP contribution in [0.3, 0.4) is 0 Å². The molecule has 0 aliphatic heterocycles. The summed E-state index contributed by atoms with van der Waals surface area (Å²) in [4.78, 5) is 22.6. The van der Waals surface area contributed by atoms with Crippen molar-refractivity contribution in [2.75, 3.05) is 13.2 Å². The number of amides is 1. The maximum absolute atomic E-state index is 12.1. The molecule has 1 amide bonds. The number of nitrogens with one attached hydrogen (secondary N) is 1. The lowest BCUT2D eigenvalue weighted by Crippen LogP contribution is -2.29. The van der Waals surface area contributed by atoms with Gasteiger partial charge in [-0.25, -0.2) is 4.79 Å². The van der Waals surface area contributed by atoms with Gasteiger partial charge in [0.25, 0.3) is 0 Å². The number of aliphatic carboxylic acids is 1. The maximum atomic E-state index is 12.1. The molecule has 1 saturated carbocycles. The molecule has 1 atom stereocenters. The number of carbonyl (C=O) groups is 2. The van der Waals surface area contributed by atoms with E-state index in [0.717, 1.165) is 12.0 Å². The normalized spacial score (nSPS) is 16.2. The van der Waals surface area contributed by atoms with Crippen molar-refractivity contribution in [2.24, 2.45) is 11.8 Å². The number of hydrogen-bond donors (Lipinski definition) is 2. The summed E-state index contributed by atoms with van der Waals surface area (Å²) in [6.45, 7) is 2.48. The average Bonchev–Trinajstić information content (AvgIpc) is 2.61. The van der Waals surface area contributed by atoms with Crippen LogP contribution in [0.25, 0.3) is 0 Å². The lowest BCUT2D eigenvalue weighted by atomic mass is 9.79. The molecule has 0 saturated heterocycles. The van der Waals surface area contributed by atoms with Gasteiger partial charge in [-0.2, -0.15) is 0 Å². The first-order chi connectivity index (χ1) is 12.0. The monoisotopic (exact) mass is 347 g/mol. The van der Waals surface area contributed by atoms with Gasteiger partial charge in [0.05, 0.1) is 0 Å². The molecular formula is C20H29NO4. The number of carboxylic acid groups (broad SMARTS) is 1. The van der Waals surface area contributed by atoms with Crippen LogP contribution in [-0.2, 0) is 16.0 Å². The van der Waals surface area contributed by atoms with Crippen LogP contribution in [0.15, 0.2) is 24.3 Å². The molecule has 1 aliphatic carbocycles. The summed E-state index contributed by atoms with van der Waals surface area (Å²) in [6.07, 6.45) is 7.87. The summed E-state index contributed by atoms with van der Waals surface area (Å²) >= 11 is 0. The second-order valence-corrected chi connectivity index (χ2v) is 7.01. The van der Waals surface area contributed by atoms with E-state index in [0.29, 0.717) is 30.6 Å². The van der Waals surface area contributed by atoms with Crippen molar-refractivity contribution in [2.45, 2.75) is 51.9 Å². The van der Waals surface area contributed by atoms with Crippen LogP contribution in [0.1, 0.15) is 51.0 Å². The molecule has 0 radical (unpaired) electrons. The first-order valence-electron chi connectivity index (χ1n) is 9.25. The number of carbonyl (C=O) groups excluding carboxylic acids is 1. The second kappa shape index (κ2) is 10.1. The van der Waals surface area contributed by atoms with Crippen molar-refractivity contribution in [1.29, 1.82) is 0 Å². The molecule has 0 aromatic heterocycles. The SMILES string of the molecule is CC(CC(=O)NCCc1ccc(OCC(=O)O)cc1)C1CCCCC1. The van der Waals surface area contributed by atoms with Gasteiger partial charge in [0.15, 0.2) is 6.61 Å². The molecule has 138 valence electrons. The van der Waals surface area contributed by atoms with Crippen molar-refractivity contribution >= 4 is 11.9 Å². The Balaban J connectivity index is 1.65. The highest BCUT2D eigenvalue weighted by Gasteiger charge is 2.21. The van der Waals surface area contributed by atoms with Gasteiger partial charge in [-0.15, -0.1) is 0 Å². The van der Waals surface area contributed by atoms with Gasteiger partial charge in [0.1, 0.15) is 5.75 Å². The fraction of sp³-hybridized carbons (Fsp3) is 0.600. The van der Waals surface area contributed by atoms with Crippen LogP contribution in [0.5, 0.6) is 5.75 Å². The van der Waals surface area contributed by atoms with Crippen LogP contribution in [0.4, 0.5) is 0 Å². The van der Waals surface area contributed by atoms with Crippen LogP contribution in [0, 0.1) is 11.8 Å². The van der Waals surface area contributed by atoms with Crippen molar-refractivity contribution in [3.8, 4) is 5.75 Å². The third-order valence-corrected chi connectivity index (χ3v) is 4.98. The Morgan fingerprint density at radius 3 is 2.52 bits per heavy atom. The molecule has 0 bridgehead atoms. The van der Waals surface area contributed by atoms with Crippen LogP contribution in [0.2, 0.25) is 0 Å². The zero-order chi connectivity index (χ0) is 18.1. The molecule has 1 aromatic rings. The van der Waals surface area contributed by atoms with Crippen molar-refractivity contribution in [3.05, 3.63) is 29.8 Å². The lowest BCUT2D eigenvalue weighted by molar-refractivity contribution is -0.139. The molecule has 5 nitrogen and oxygen atoms in total. The van der Waals surface area contributed by atoms with E-state index in [-0.39, 0.29) is 12.5 Å². The fourth-order valence-electron chi connectivity index (χ4n) is 3.48. The van der Waals surface area contributed by atoms with E-state index in [1.54, 1.807) is 12.1 Å². The Labute approximate surface area is 149 Å². The highest BCUT2D eigenvalue weighted by molar-refractivity contribution is 5.76. The van der Waals surface area contributed by atoms with E-state index in [9.17, 15) is 9.59 Å². The second-order valence-electron chi connectivity index (χ2n) is 7.01. The minimum Gasteiger partial charge on any atom is -0.482 e. The topological polar surface area (TPSA) is 75.6 Å². The number of benzene rings is 1. The summed E-state index contributed by atoms with van der Waals surface area (Å²) in [5.74, 6) is 0.856. The summed E-state index contributed by atoms with van der Waals surface area (Å²) in [6, 6.07) is 7.30. The largest absolute Gasteiger partial charge is 0.482 e. The Hall–Kier alpha value is -2.04. The van der Waals surface area contributed by atoms with Gasteiger partial charge in [-0.1, -0.05) is 51.2 Å². The first-order valence-corrected chi connectivity index (χ1v) is 9.25. The number of rotatable bonds is 9. The molecule has 1 aliphatic rings. The average molecular weight is 347 g/mol. The van der Waals surface area contributed by atoms with Crippen molar-refractivity contribution < 1.29 is 19.4 Å². The van der Waals surface area contributed by atoms with E-state index in [2.05, 4.69) is 12.2 Å². The van der Waals surface area contributed by atoms with E-state index in [1.165, 1.54) is 32.1 Å². The van der Waals surface area contributed by atoms with E-state index >= 15 is 0 Å². The summed E-state index contributed by atoms with van der Waals surface area (Å²) in [5.41, 5.74) is 1.09. The molecule has 25 heavy (non-hydrogen) atoms. The number of hydrogen-bond acceptors (Lipinski definition) is 3. The zero-order valence-electron chi connectivity index (χ0n) is 15.0. The summed E-state index contributed by atoms with van der Waals surface area (Å²) in [5, 5.41) is 11.6. The summed E-state index contributed by atoms with van der Waals surface area (Å²) < 4.78 is 5.10. The smallest absolute Gasteiger partial charge is 0.341 e. The number of carboxylic acids is 1. The van der Waals surface area contributed by atoms with E-state index < -0.39 is 5.97 Å². The zero-order valence-corrected chi connectivity index (χ0v) is 15.0. The first kappa shape index (κ1) is 19.3. The Morgan fingerprint density at radius 1 is 1.20 bits per heavy atom. The Bertz CT molecular complexity index is 549. The van der Waals surface area contributed by atoms with Gasteiger partial charge in [0, 0.05) is 13.0 Å². The number of ether oxygens (including phenoxy) is 1. The molecule has 1 aromatic carbocycles. The van der Waals surface area contributed by atoms with Gasteiger partial charge in [-0.05, 0) is 36.0 Å². The molecule has 2 rings (SSSR count). The molecule has 2 N–H and O–H groups in total. The minimum atomic E-state index is -0.991. The Morgan fingerprint density at radius 2 is 1.88 bits per heavy atom. The van der Waals surface area contributed by atoms with Crippen LogP contribution in [-0.4, -0.2) is 30.1 Å². The molecule has 0 spiro atoms. The van der Waals surface area contributed by atoms with Gasteiger partial charge < -0.3 is 15.2 Å². The predicted octanol–water partition coefficient (Wildman–Crippen LogP) is 3.42. The highest BCUT2D eigenvalue weighted by atomic mass is 16.5. The highest BCUT2D eigenvalue weighted by Crippen LogP contribution is 2.31. The van der Waals surface area contributed by atoms with Crippen LogP contribution < -0.4 is 10.1 Å². The van der Waals surface area contributed by atoms with Gasteiger partial charge >= 0.3 is 5.97 Å². The molecule has 5 heteroatoms. The summed E-state index contributed by atoms with van der Waals surface area (Å²) in [7, 11) is 0. The third kappa shape index (κ3) is 7.16. The Kier molecular flexibility index (Phi) is 7.76. The van der Waals surface area contributed by atoms with Crippen molar-refractivity contribution in [1.82, 2.24) is 5.32 Å². The third-order valence-electron chi connectivity index (χ3n) is 4.98. The van der Waals surface area contributed by atoms with Gasteiger partial charge in [0.2, 0.25) is 5.91 Å². The van der Waals surface area contributed by atoms with E-state index in [4.69, 9.17) is 9.84 Å². The molecule has 1 unspecified atom stereocenters. The molecule has 0 heterocycles. The van der Waals surface area contributed by atoms with E-state index in [1.807, 2.05) is 12.1 Å². The molecule has 1 fully saturated rings. The fourth-order valence-corrected chi connectivity index (χ4v) is 3.48. The predicted molar refractivity (Wildman–Crippen MR) is 96.6 cm³/mol.